The Morgan fingerprint density at radius 1 is 1.26 bits per heavy atom. The topological polar surface area (TPSA) is 71.9 Å². The third-order valence-electron chi connectivity index (χ3n) is 7.11. The molecule has 0 aliphatic carbocycles. The number of fused-ring (bicyclic) bond motifs is 1. The fourth-order valence-corrected chi connectivity index (χ4v) is 6.31. The van der Waals surface area contributed by atoms with Crippen molar-refractivity contribution >= 4 is 40.2 Å². The molecular formula is C28H31ClF2N2O4S. The highest BCUT2D eigenvalue weighted by Crippen LogP contribution is 2.37. The van der Waals surface area contributed by atoms with Gasteiger partial charge in [-0.1, -0.05) is 11.6 Å². The second-order valence-electron chi connectivity index (χ2n) is 9.40. The van der Waals surface area contributed by atoms with E-state index in [1.807, 2.05) is 12.1 Å². The third kappa shape index (κ3) is 6.75. The van der Waals surface area contributed by atoms with Crippen LogP contribution in [0, 0.1) is 23.5 Å². The standard InChI is InChI=1S/C28H31ClF2N2O4S/c1-36-19-5-7-24-20(14-19)27(22(29)15-32-24)25(34)8-3-17-9-10-33(16-21(17)28(35)37-2)11-12-38-26-13-18(30)4-6-23(26)31/h4-7,13-15,17,21,25,34H,3,8-12,16H2,1-2H3/t17-,21+,25-/m1/s1. The summed E-state index contributed by atoms with van der Waals surface area (Å²) in [5.41, 5.74) is 1.31. The highest BCUT2D eigenvalue weighted by molar-refractivity contribution is 7.99. The average molecular weight is 565 g/mol. The minimum absolute atomic E-state index is 0.0306. The molecule has 1 saturated heterocycles. The van der Waals surface area contributed by atoms with Gasteiger partial charge < -0.3 is 19.5 Å². The van der Waals surface area contributed by atoms with E-state index in [-0.39, 0.29) is 22.7 Å². The lowest BCUT2D eigenvalue weighted by Crippen LogP contribution is -2.45. The number of carbonyl (C=O) groups is 1. The Morgan fingerprint density at radius 3 is 2.84 bits per heavy atom. The van der Waals surface area contributed by atoms with Crippen molar-refractivity contribution in [1.29, 1.82) is 0 Å². The number of aliphatic hydroxyl groups excluding tert-OH is 1. The van der Waals surface area contributed by atoms with Crippen molar-refractivity contribution in [1.82, 2.24) is 9.88 Å². The predicted octanol–water partition coefficient (Wildman–Crippen LogP) is 5.89. The van der Waals surface area contributed by atoms with Crippen molar-refractivity contribution in [2.45, 2.75) is 30.3 Å². The molecule has 4 rings (SSSR count). The van der Waals surface area contributed by atoms with Crippen molar-refractivity contribution in [2.24, 2.45) is 11.8 Å². The van der Waals surface area contributed by atoms with Gasteiger partial charge in [-0.2, -0.15) is 0 Å². The summed E-state index contributed by atoms with van der Waals surface area (Å²) in [4.78, 5) is 19.4. The number of halogens is 3. The highest BCUT2D eigenvalue weighted by atomic mass is 35.5. The molecule has 6 nitrogen and oxygen atoms in total. The van der Waals surface area contributed by atoms with Crippen LogP contribution in [0.15, 0.2) is 47.5 Å². The van der Waals surface area contributed by atoms with Crippen LogP contribution in [0.3, 0.4) is 0 Å². The fraction of sp³-hybridized carbons (Fsp3) is 0.429. The van der Waals surface area contributed by atoms with Crippen LogP contribution >= 0.6 is 23.4 Å². The SMILES string of the molecule is COC(=O)[C@H]1CN(CCSc2cc(F)ccc2F)CC[C@H]1CC[C@@H](O)c1c(Cl)cnc2ccc(OC)cc12. The zero-order chi connectivity index (χ0) is 27.2. The van der Waals surface area contributed by atoms with Crippen molar-refractivity contribution in [3.8, 4) is 5.75 Å². The minimum Gasteiger partial charge on any atom is -0.497 e. The van der Waals surface area contributed by atoms with Gasteiger partial charge in [0.25, 0.3) is 0 Å². The maximum absolute atomic E-state index is 13.9. The Morgan fingerprint density at radius 2 is 2.08 bits per heavy atom. The first kappa shape index (κ1) is 28.5. The van der Waals surface area contributed by atoms with Gasteiger partial charge in [-0.15, -0.1) is 11.8 Å². The van der Waals surface area contributed by atoms with Crippen LogP contribution in [0.4, 0.5) is 8.78 Å². The number of aliphatic hydroxyl groups is 1. The normalized spacial score (nSPS) is 18.9. The van der Waals surface area contributed by atoms with Crippen molar-refractivity contribution in [3.05, 3.63) is 64.8 Å². The summed E-state index contributed by atoms with van der Waals surface area (Å²) in [6, 6.07) is 8.87. The Bertz CT molecular complexity index is 1280. The number of piperidine rings is 1. The summed E-state index contributed by atoms with van der Waals surface area (Å²) in [7, 11) is 2.96. The molecule has 3 aromatic rings. The van der Waals surface area contributed by atoms with Gasteiger partial charge in [-0.25, -0.2) is 8.78 Å². The van der Waals surface area contributed by atoms with Crippen LogP contribution in [-0.4, -0.2) is 60.6 Å². The molecule has 204 valence electrons. The highest BCUT2D eigenvalue weighted by Gasteiger charge is 2.35. The summed E-state index contributed by atoms with van der Waals surface area (Å²) >= 11 is 7.71. The van der Waals surface area contributed by atoms with E-state index in [0.29, 0.717) is 53.5 Å². The second-order valence-corrected chi connectivity index (χ2v) is 10.9. The summed E-state index contributed by atoms with van der Waals surface area (Å²) in [6.45, 7) is 1.90. The number of nitrogens with zero attached hydrogens (tertiary/aromatic N) is 2. The molecule has 1 aliphatic heterocycles. The molecule has 0 spiro atoms. The molecule has 10 heteroatoms. The number of aromatic nitrogens is 1. The summed E-state index contributed by atoms with van der Waals surface area (Å²) in [6.07, 6.45) is 2.49. The Balaban J connectivity index is 1.39. The number of methoxy groups -OCH3 is 2. The third-order valence-corrected chi connectivity index (χ3v) is 8.43. The fourth-order valence-electron chi connectivity index (χ4n) is 5.06. The van der Waals surface area contributed by atoms with E-state index in [9.17, 15) is 18.7 Å². The first-order chi connectivity index (χ1) is 18.3. The monoisotopic (exact) mass is 564 g/mol. The van der Waals surface area contributed by atoms with Gasteiger partial charge in [0.2, 0.25) is 0 Å². The molecule has 3 atom stereocenters. The largest absolute Gasteiger partial charge is 0.497 e. The van der Waals surface area contributed by atoms with Crippen LogP contribution in [0.1, 0.15) is 30.9 Å². The zero-order valence-corrected chi connectivity index (χ0v) is 22.9. The van der Waals surface area contributed by atoms with Gasteiger partial charge in [0.1, 0.15) is 17.4 Å². The van der Waals surface area contributed by atoms with E-state index in [2.05, 4.69) is 9.88 Å². The molecule has 0 saturated carbocycles. The summed E-state index contributed by atoms with van der Waals surface area (Å²) < 4.78 is 37.8. The number of benzene rings is 2. The number of thioether (sulfide) groups is 1. The minimum atomic E-state index is -0.839. The van der Waals surface area contributed by atoms with Gasteiger partial charge in [0.15, 0.2) is 0 Å². The van der Waals surface area contributed by atoms with E-state index in [1.54, 1.807) is 19.4 Å². The van der Waals surface area contributed by atoms with Crippen LogP contribution in [0.25, 0.3) is 10.9 Å². The second kappa shape index (κ2) is 13.1. The smallest absolute Gasteiger partial charge is 0.310 e. The molecule has 2 aromatic carbocycles. The molecule has 1 aromatic heterocycles. The van der Waals surface area contributed by atoms with E-state index in [1.165, 1.54) is 24.9 Å². The molecule has 2 heterocycles. The van der Waals surface area contributed by atoms with E-state index < -0.39 is 17.7 Å². The van der Waals surface area contributed by atoms with Crippen molar-refractivity contribution in [3.63, 3.8) is 0 Å². The Hall–Kier alpha value is -2.46. The lowest BCUT2D eigenvalue weighted by Gasteiger charge is -2.37. The quantitative estimate of drug-likeness (QED) is 0.243. The van der Waals surface area contributed by atoms with Crippen molar-refractivity contribution in [2.75, 3.05) is 39.6 Å². The van der Waals surface area contributed by atoms with E-state index >= 15 is 0 Å². The Labute approximate surface area is 230 Å². The number of likely N-dealkylation sites (tertiary alicyclic amines) is 1. The molecular weight excluding hydrogens is 534 g/mol. The average Bonchev–Trinajstić information content (AvgIpc) is 2.93. The molecule has 1 aliphatic rings. The first-order valence-corrected chi connectivity index (χ1v) is 13.8. The van der Waals surface area contributed by atoms with Crippen molar-refractivity contribution < 1.29 is 28.2 Å². The first-order valence-electron chi connectivity index (χ1n) is 12.5. The number of carbonyl (C=O) groups excluding carboxylic acids is 1. The number of hydrogen-bond acceptors (Lipinski definition) is 7. The van der Waals surface area contributed by atoms with Gasteiger partial charge in [0, 0.05) is 40.9 Å². The lowest BCUT2D eigenvalue weighted by atomic mass is 9.81. The predicted molar refractivity (Wildman–Crippen MR) is 145 cm³/mol. The maximum atomic E-state index is 13.9. The number of pyridine rings is 1. The number of ether oxygens (including phenoxy) is 2. The molecule has 38 heavy (non-hydrogen) atoms. The van der Waals surface area contributed by atoms with Gasteiger partial charge in [-0.05, 0) is 68.1 Å². The summed E-state index contributed by atoms with van der Waals surface area (Å²) in [5.74, 6) is -0.301. The molecule has 1 N–H and O–H groups in total. The maximum Gasteiger partial charge on any atom is 0.310 e. The summed E-state index contributed by atoms with van der Waals surface area (Å²) in [5, 5.41) is 12.3. The molecule has 0 bridgehead atoms. The number of rotatable bonds is 10. The van der Waals surface area contributed by atoms with Crippen LogP contribution < -0.4 is 4.74 Å². The molecule has 0 amide bonds. The molecule has 0 radical (unpaired) electrons. The zero-order valence-electron chi connectivity index (χ0n) is 21.3. The molecule has 0 unspecified atom stereocenters. The number of hydrogen-bond donors (Lipinski definition) is 1. The van der Waals surface area contributed by atoms with E-state index in [4.69, 9.17) is 21.1 Å². The van der Waals surface area contributed by atoms with Crippen LogP contribution in [-0.2, 0) is 9.53 Å². The van der Waals surface area contributed by atoms with Gasteiger partial charge in [0.05, 0.1) is 36.8 Å². The number of esters is 1. The van der Waals surface area contributed by atoms with Gasteiger partial charge in [-0.3, -0.25) is 9.78 Å². The van der Waals surface area contributed by atoms with Crippen LogP contribution in [0.2, 0.25) is 5.02 Å². The molecule has 1 fully saturated rings. The van der Waals surface area contributed by atoms with Gasteiger partial charge >= 0.3 is 5.97 Å². The van der Waals surface area contributed by atoms with E-state index in [0.717, 1.165) is 30.5 Å². The van der Waals surface area contributed by atoms with Crippen LogP contribution in [0.5, 0.6) is 5.75 Å². The lowest BCUT2D eigenvalue weighted by molar-refractivity contribution is -0.150. The Kier molecular flexibility index (Phi) is 9.81.